The third-order valence-corrected chi connectivity index (χ3v) is 4.60. The highest BCUT2D eigenvalue weighted by Crippen LogP contribution is 2.26. The maximum Gasteiger partial charge on any atom is 0.122 e. The Labute approximate surface area is 131 Å². The molecule has 5 heteroatoms. The number of benzene rings is 2. The van der Waals surface area contributed by atoms with Gasteiger partial charge in [0.2, 0.25) is 0 Å². The molecule has 0 radical (unpaired) electrons. The lowest BCUT2D eigenvalue weighted by molar-refractivity contribution is 0.344. The number of ether oxygens (including phenoxy) is 1. The summed E-state index contributed by atoms with van der Waals surface area (Å²) in [6, 6.07) is 15.4. The molecule has 0 fully saturated rings. The van der Waals surface area contributed by atoms with E-state index in [-0.39, 0.29) is 5.84 Å². The molecule has 0 aliphatic heterocycles. The molecule has 0 amide bonds. The first-order chi connectivity index (χ1) is 9.66. The molecule has 0 spiro atoms. The van der Waals surface area contributed by atoms with Gasteiger partial charge in [-0.25, -0.2) is 0 Å². The van der Waals surface area contributed by atoms with Gasteiger partial charge in [-0.3, -0.25) is 5.41 Å². The van der Waals surface area contributed by atoms with Gasteiger partial charge in [-0.2, -0.15) is 0 Å². The third-order valence-electron chi connectivity index (χ3n) is 2.61. The van der Waals surface area contributed by atoms with Crippen molar-refractivity contribution < 1.29 is 4.74 Å². The van der Waals surface area contributed by atoms with E-state index in [1.807, 2.05) is 30.3 Å². The highest BCUT2D eigenvalue weighted by Gasteiger charge is 2.00. The molecule has 2 rings (SSSR count). The number of hydrogen-bond acceptors (Lipinski definition) is 3. The van der Waals surface area contributed by atoms with E-state index in [4.69, 9.17) is 15.9 Å². The van der Waals surface area contributed by atoms with Crippen LogP contribution in [0.1, 0.15) is 5.56 Å². The van der Waals surface area contributed by atoms with Gasteiger partial charge >= 0.3 is 0 Å². The first-order valence-corrected chi connectivity index (χ1v) is 7.89. The van der Waals surface area contributed by atoms with Gasteiger partial charge in [0.1, 0.15) is 11.6 Å². The number of hydrogen-bond donors (Lipinski definition) is 2. The molecule has 0 heterocycles. The van der Waals surface area contributed by atoms with Gasteiger partial charge in [0, 0.05) is 20.7 Å². The van der Waals surface area contributed by atoms with Crippen LogP contribution in [0.5, 0.6) is 5.75 Å². The molecule has 0 aromatic heterocycles. The molecule has 3 N–H and O–H groups in total. The fourth-order valence-corrected chi connectivity index (χ4v) is 3.00. The second-order valence-corrected chi connectivity index (χ2v) is 6.06. The van der Waals surface area contributed by atoms with Crippen LogP contribution in [0.25, 0.3) is 0 Å². The summed E-state index contributed by atoms with van der Waals surface area (Å²) < 4.78 is 6.76. The molecule has 3 nitrogen and oxygen atoms in total. The fraction of sp³-hybridized carbons (Fsp3) is 0.133. The molecule has 20 heavy (non-hydrogen) atoms. The van der Waals surface area contributed by atoms with Crippen LogP contribution < -0.4 is 10.5 Å². The number of nitrogen functional groups attached to an aromatic ring is 1. The first-order valence-electron chi connectivity index (χ1n) is 6.11. The van der Waals surface area contributed by atoms with Crippen molar-refractivity contribution in [3.05, 3.63) is 58.6 Å². The molecule has 0 saturated carbocycles. The Morgan fingerprint density at radius 1 is 1.15 bits per heavy atom. The number of halogens is 1. The molecule has 0 aliphatic carbocycles. The zero-order valence-electron chi connectivity index (χ0n) is 10.8. The van der Waals surface area contributed by atoms with Gasteiger partial charge in [0.15, 0.2) is 0 Å². The highest BCUT2D eigenvalue weighted by atomic mass is 79.9. The fourth-order valence-electron chi connectivity index (χ4n) is 1.60. The van der Waals surface area contributed by atoms with E-state index in [1.54, 1.807) is 23.9 Å². The molecule has 2 aromatic rings. The third kappa shape index (κ3) is 4.28. The second kappa shape index (κ2) is 7.36. The van der Waals surface area contributed by atoms with E-state index < -0.39 is 0 Å². The minimum atomic E-state index is 0.0704. The van der Waals surface area contributed by atoms with E-state index in [1.165, 1.54) is 4.90 Å². The number of nitrogens with two attached hydrogens (primary N) is 1. The van der Waals surface area contributed by atoms with Crippen molar-refractivity contribution in [2.45, 2.75) is 4.90 Å². The van der Waals surface area contributed by atoms with Crippen LogP contribution in [-0.4, -0.2) is 18.2 Å². The van der Waals surface area contributed by atoms with Gasteiger partial charge in [0.05, 0.1) is 6.61 Å². The Hall–Kier alpha value is -1.46. The zero-order chi connectivity index (χ0) is 14.4. The van der Waals surface area contributed by atoms with Crippen molar-refractivity contribution >= 4 is 33.5 Å². The van der Waals surface area contributed by atoms with Crippen molar-refractivity contribution in [1.82, 2.24) is 0 Å². The van der Waals surface area contributed by atoms with Crippen LogP contribution >= 0.6 is 27.7 Å². The summed E-state index contributed by atoms with van der Waals surface area (Å²) >= 11 is 5.27. The Kier molecular flexibility index (Phi) is 5.49. The number of amidine groups is 1. The van der Waals surface area contributed by atoms with Gasteiger partial charge in [-0.15, -0.1) is 11.8 Å². The summed E-state index contributed by atoms with van der Waals surface area (Å²) in [4.78, 5) is 1.21. The molecular formula is C15H15BrN2OS. The van der Waals surface area contributed by atoms with Gasteiger partial charge < -0.3 is 10.5 Å². The van der Waals surface area contributed by atoms with Gasteiger partial charge in [-0.1, -0.05) is 12.1 Å². The van der Waals surface area contributed by atoms with Crippen LogP contribution in [0.2, 0.25) is 0 Å². The molecule has 0 aliphatic rings. The Bertz CT molecular complexity index is 587. The number of thioether (sulfide) groups is 1. The largest absolute Gasteiger partial charge is 0.493 e. The Balaban J connectivity index is 1.79. The quantitative estimate of drug-likeness (QED) is 0.359. The van der Waals surface area contributed by atoms with E-state index in [0.717, 1.165) is 16.0 Å². The average molecular weight is 351 g/mol. The minimum absolute atomic E-state index is 0.0704. The smallest absolute Gasteiger partial charge is 0.122 e. The second-order valence-electron chi connectivity index (χ2n) is 4.07. The van der Waals surface area contributed by atoms with Crippen molar-refractivity contribution in [1.29, 1.82) is 5.41 Å². The average Bonchev–Trinajstić information content (AvgIpc) is 2.46. The van der Waals surface area contributed by atoms with Crippen LogP contribution in [0.4, 0.5) is 0 Å². The highest BCUT2D eigenvalue weighted by molar-refractivity contribution is 9.10. The minimum Gasteiger partial charge on any atom is -0.493 e. The van der Waals surface area contributed by atoms with E-state index in [0.29, 0.717) is 12.2 Å². The van der Waals surface area contributed by atoms with Crippen LogP contribution in [0.3, 0.4) is 0 Å². The van der Waals surface area contributed by atoms with Crippen molar-refractivity contribution in [3.63, 3.8) is 0 Å². The SMILES string of the molecule is N=C(N)c1ccc(OCCSc2ccccc2Br)cc1. The summed E-state index contributed by atoms with van der Waals surface area (Å²) in [5, 5.41) is 7.32. The van der Waals surface area contributed by atoms with Crippen molar-refractivity contribution in [2.24, 2.45) is 5.73 Å². The monoisotopic (exact) mass is 350 g/mol. The zero-order valence-corrected chi connectivity index (χ0v) is 13.2. The molecule has 2 aromatic carbocycles. The van der Waals surface area contributed by atoms with Gasteiger partial charge in [-0.05, 0) is 52.3 Å². The van der Waals surface area contributed by atoms with Crippen molar-refractivity contribution in [3.8, 4) is 5.75 Å². The predicted molar refractivity (Wildman–Crippen MR) is 87.8 cm³/mol. The summed E-state index contributed by atoms with van der Waals surface area (Å²) in [5.41, 5.74) is 6.11. The Morgan fingerprint density at radius 2 is 1.85 bits per heavy atom. The van der Waals surface area contributed by atoms with Gasteiger partial charge in [0.25, 0.3) is 0 Å². The Morgan fingerprint density at radius 3 is 2.50 bits per heavy atom. The molecule has 0 unspecified atom stereocenters. The van der Waals surface area contributed by atoms with Crippen LogP contribution in [-0.2, 0) is 0 Å². The molecule has 104 valence electrons. The number of rotatable bonds is 6. The molecular weight excluding hydrogens is 336 g/mol. The topological polar surface area (TPSA) is 59.1 Å². The lowest BCUT2D eigenvalue weighted by atomic mass is 10.2. The van der Waals surface area contributed by atoms with Crippen LogP contribution in [0, 0.1) is 5.41 Å². The van der Waals surface area contributed by atoms with Crippen LogP contribution in [0.15, 0.2) is 57.9 Å². The summed E-state index contributed by atoms with van der Waals surface area (Å²) in [5.74, 6) is 1.74. The lowest BCUT2D eigenvalue weighted by Crippen LogP contribution is -2.10. The summed E-state index contributed by atoms with van der Waals surface area (Å²) in [6.07, 6.45) is 0. The maximum absolute atomic E-state index is 7.32. The molecule has 0 atom stereocenters. The summed E-state index contributed by atoms with van der Waals surface area (Å²) in [7, 11) is 0. The first kappa shape index (κ1) is 14.9. The molecule has 0 bridgehead atoms. The normalized spacial score (nSPS) is 10.2. The standard InChI is InChI=1S/C15H15BrN2OS/c16-13-3-1-2-4-14(13)20-10-9-19-12-7-5-11(6-8-12)15(17)18/h1-8H,9-10H2,(H3,17,18). The predicted octanol–water partition coefficient (Wildman–Crippen LogP) is 3.90. The summed E-state index contributed by atoms with van der Waals surface area (Å²) in [6.45, 7) is 0.630. The maximum atomic E-state index is 7.32. The lowest BCUT2D eigenvalue weighted by Gasteiger charge is -2.07. The molecule has 0 saturated heterocycles. The van der Waals surface area contributed by atoms with E-state index in [9.17, 15) is 0 Å². The number of nitrogens with one attached hydrogen (secondary N) is 1. The van der Waals surface area contributed by atoms with Crippen molar-refractivity contribution in [2.75, 3.05) is 12.4 Å². The van der Waals surface area contributed by atoms with E-state index in [2.05, 4.69) is 22.0 Å². The van der Waals surface area contributed by atoms with E-state index >= 15 is 0 Å².